The maximum atomic E-state index is 13.2. The van der Waals surface area contributed by atoms with Crippen molar-refractivity contribution in [2.75, 3.05) is 26.3 Å². The van der Waals surface area contributed by atoms with Crippen LogP contribution < -0.4 is 5.32 Å². The van der Waals surface area contributed by atoms with Crippen LogP contribution >= 0.6 is 0 Å². The van der Waals surface area contributed by atoms with Gasteiger partial charge in [-0.05, 0) is 31.5 Å². The summed E-state index contributed by atoms with van der Waals surface area (Å²) in [5.41, 5.74) is 0.607. The van der Waals surface area contributed by atoms with Crippen molar-refractivity contribution < 1.29 is 18.3 Å². The molecule has 0 aliphatic carbocycles. The summed E-state index contributed by atoms with van der Waals surface area (Å²) in [7, 11) is 0. The Labute approximate surface area is 123 Å². The highest BCUT2D eigenvalue weighted by Crippen LogP contribution is 2.17. The van der Waals surface area contributed by atoms with Gasteiger partial charge in [0, 0.05) is 19.1 Å². The van der Waals surface area contributed by atoms with E-state index in [2.05, 4.69) is 5.32 Å². The van der Waals surface area contributed by atoms with E-state index in [1.807, 2.05) is 6.92 Å². The number of rotatable bonds is 4. The molecule has 116 valence electrons. The Balaban J connectivity index is 1.95. The second kappa shape index (κ2) is 6.95. The van der Waals surface area contributed by atoms with Gasteiger partial charge in [0.15, 0.2) is 11.6 Å². The average Bonchev–Trinajstić information content (AvgIpc) is 2.50. The lowest BCUT2D eigenvalue weighted by Crippen LogP contribution is -2.49. The Kier molecular flexibility index (Phi) is 5.25. The molecule has 0 aromatic heterocycles. The Bertz CT molecular complexity index is 504. The number of morpholine rings is 1. The van der Waals surface area contributed by atoms with Gasteiger partial charge in [0.25, 0.3) is 0 Å². The van der Waals surface area contributed by atoms with Crippen molar-refractivity contribution in [3.63, 3.8) is 0 Å². The minimum absolute atomic E-state index is 0.00673. The van der Waals surface area contributed by atoms with E-state index < -0.39 is 17.7 Å². The van der Waals surface area contributed by atoms with Gasteiger partial charge in [-0.1, -0.05) is 6.07 Å². The number of nitrogens with one attached hydrogen (secondary N) is 1. The third-order valence-corrected chi connectivity index (χ3v) is 3.64. The fourth-order valence-electron chi connectivity index (χ4n) is 2.38. The smallest absolute Gasteiger partial charge is 0.239 e. The highest BCUT2D eigenvalue weighted by atomic mass is 19.2. The van der Waals surface area contributed by atoms with E-state index in [1.54, 1.807) is 11.8 Å². The van der Waals surface area contributed by atoms with Crippen molar-refractivity contribution in [1.82, 2.24) is 10.2 Å². The summed E-state index contributed by atoms with van der Waals surface area (Å²) in [6, 6.07) is 3.12. The first kappa shape index (κ1) is 15.9. The van der Waals surface area contributed by atoms with Crippen molar-refractivity contribution in [1.29, 1.82) is 0 Å². The zero-order valence-electron chi connectivity index (χ0n) is 12.2. The van der Waals surface area contributed by atoms with Gasteiger partial charge in [0.05, 0.1) is 19.3 Å². The van der Waals surface area contributed by atoms with Crippen LogP contribution in [0.3, 0.4) is 0 Å². The molecule has 1 aliphatic heterocycles. The maximum absolute atomic E-state index is 13.2. The predicted octanol–water partition coefficient (Wildman–Crippen LogP) is 1.86. The number of ether oxygens (including phenoxy) is 1. The molecule has 1 heterocycles. The molecule has 1 aromatic carbocycles. The van der Waals surface area contributed by atoms with Crippen LogP contribution in [0, 0.1) is 11.6 Å². The molecule has 1 amide bonds. The summed E-state index contributed by atoms with van der Waals surface area (Å²) in [4.78, 5) is 14.0. The number of benzene rings is 1. The van der Waals surface area contributed by atoms with Crippen molar-refractivity contribution in [2.24, 2.45) is 0 Å². The van der Waals surface area contributed by atoms with E-state index in [1.165, 1.54) is 6.07 Å². The van der Waals surface area contributed by atoms with Crippen LogP contribution in [-0.2, 0) is 9.53 Å². The first-order valence-electron chi connectivity index (χ1n) is 7.06. The van der Waals surface area contributed by atoms with Gasteiger partial charge in [-0.25, -0.2) is 8.78 Å². The van der Waals surface area contributed by atoms with Crippen molar-refractivity contribution in [3.8, 4) is 0 Å². The highest BCUT2D eigenvalue weighted by molar-refractivity contribution is 5.81. The predicted molar refractivity (Wildman–Crippen MR) is 74.8 cm³/mol. The largest absolute Gasteiger partial charge is 0.378 e. The number of nitrogens with zero attached hydrogens (tertiary/aromatic N) is 1. The van der Waals surface area contributed by atoms with Gasteiger partial charge in [-0.2, -0.15) is 0 Å². The standard InChI is InChI=1S/C15H20F2N2O2/c1-10(12-3-4-13(16)14(17)9-12)18-11(2)15(20)19-5-7-21-8-6-19/h3-4,9-11,18H,5-8H2,1-2H3. The van der Waals surface area contributed by atoms with Crippen LogP contribution in [-0.4, -0.2) is 43.2 Å². The molecule has 1 aliphatic rings. The van der Waals surface area contributed by atoms with Gasteiger partial charge in [0.2, 0.25) is 5.91 Å². The maximum Gasteiger partial charge on any atom is 0.239 e. The summed E-state index contributed by atoms with van der Waals surface area (Å²) < 4.78 is 31.4. The van der Waals surface area contributed by atoms with Gasteiger partial charge >= 0.3 is 0 Å². The molecule has 1 fully saturated rings. The van der Waals surface area contributed by atoms with Crippen LogP contribution in [0.5, 0.6) is 0 Å². The number of halogens is 2. The molecule has 0 spiro atoms. The molecule has 2 unspecified atom stereocenters. The Morgan fingerprint density at radius 2 is 1.90 bits per heavy atom. The zero-order chi connectivity index (χ0) is 15.4. The first-order chi connectivity index (χ1) is 9.99. The molecule has 2 rings (SSSR count). The number of amides is 1. The van der Waals surface area contributed by atoms with Crippen LogP contribution in [0.1, 0.15) is 25.5 Å². The van der Waals surface area contributed by atoms with Gasteiger partial charge < -0.3 is 9.64 Å². The number of hydrogen-bond donors (Lipinski definition) is 1. The van der Waals surface area contributed by atoms with Crippen LogP contribution in [0.15, 0.2) is 18.2 Å². The van der Waals surface area contributed by atoms with Crippen molar-refractivity contribution >= 4 is 5.91 Å². The minimum Gasteiger partial charge on any atom is -0.378 e. The molecule has 0 bridgehead atoms. The second-order valence-electron chi connectivity index (χ2n) is 5.22. The lowest BCUT2D eigenvalue weighted by Gasteiger charge is -2.30. The minimum atomic E-state index is -0.881. The normalized spacial score (nSPS) is 18.4. The summed E-state index contributed by atoms with van der Waals surface area (Å²) in [5, 5.41) is 3.12. The molecular weight excluding hydrogens is 278 g/mol. The number of carbonyl (C=O) groups excluding carboxylic acids is 1. The molecule has 1 N–H and O–H groups in total. The zero-order valence-corrected chi connectivity index (χ0v) is 12.2. The third-order valence-electron chi connectivity index (χ3n) is 3.64. The SMILES string of the molecule is CC(NC(C)c1ccc(F)c(F)c1)C(=O)N1CCOCC1. The Morgan fingerprint density at radius 1 is 1.24 bits per heavy atom. The van der Waals surface area contributed by atoms with E-state index in [0.717, 1.165) is 12.1 Å². The Morgan fingerprint density at radius 3 is 2.52 bits per heavy atom. The summed E-state index contributed by atoms with van der Waals surface area (Å²) in [6.07, 6.45) is 0. The highest BCUT2D eigenvalue weighted by Gasteiger charge is 2.23. The number of hydrogen-bond acceptors (Lipinski definition) is 3. The van der Waals surface area contributed by atoms with E-state index >= 15 is 0 Å². The lowest BCUT2D eigenvalue weighted by molar-refractivity contribution is -0.137. The Hall–Kier alpha value is -1.53. The number of carbonyl (C=O) groups is 1. The van der Waals surface area contributed by atoms with E-state index in [-0.39, 0.29) is 11.9 Å². The van der Waals surface area contributed by atoms with E-state index in [9.17, 15) is 13.6 Å². The van der Waals surface area contributed by atoms with Crippen LogP contribution in [0.25, 0.3) is 0 Å². The summed E-state index contributed by atoms with van der Waals surface area (Å²) >= 11 is 0. The molecule has 0 radical (unpaired) electrons. The molecule has 0 saturated carbocycles. The molecule has 21 heavy (non-hydrogen) atoms. The van der Waals surface area contributed by atoms with Crippen LogP contribution in [0.4, 0.5) is 8.78 Å². The topological polar surface area (TPSA) is 41.6 Å². The van der Waals surface area contributed by atoms with Gasteiger partial charge in [-0.3, -0.25) is 10.1 Å². The van der Waals surface area contributed by atoms with Gasteiger partial charge in [-0.15, -0.1) is 0 Å². The molecule has 6 heteroatoms. The third kappa shape index (κ3) is 3.98. The molecule has 4 nitrogen and oxygen atoms in total. The van der Waals surface area contributed by atoms with E-state index in [4.69, 9.17) is 4.74 Å². The van der Waals surface area contributed by atoms with Crippen molar-refractivity contribution in [2.45, 2.75) is 25.9 Å². The summed E-state index contributed by atoms with van der Waals surface area (Å²) in [6.45, 7) is 5.87. The quantitative estimate of drug-likeness (QED) is 0.922. The average molecular weight is 298 g/mol. The molecular formula is C15H20F2N2O2. The molecule has 1 aromatic rings. The fourth-order valence-corrected chi connectivity index (χ4v) is 2.38. The lowest BCUT2D eigenvalue weighted by atomic mass is 10.1. The van der Waals surface area contributed by atoms with Gasteiger partial charge in [0.1, 0.15) is 0 Å². The first-order valence-corrected chi connectivity index (χ1v) is 7.06. The molecule has 1 saturated heterocycles. The monoisotopic (exact) mass is 298 g/mol. The van der Waals surface area contributed by atoms with Crippen LogP contribution in [0.2, 0.25) is 0 Å². The fraction of sp³-hybridized carbons (Fsp3) is 0.533. The van der Waals surface area contributed by atoms with E-state index in [0.29, 0.717) is 31.9 Å². The molecule has 2 atom stereocenters. The summed E-state index contributed by atoms with van der Waals surface area (Å²) in [5.74, 6) is -1.76. The van der Waals surface area contributed by atoms with Crippen molar-refractivity contribution in [3.05, 3.63) is 35.4 Å². The second-order valence-corrected chi connectivity index (χ2v) is 5.22.